The van der Waals surface area contributed by atoms with E-state index >= 15 is 0 Å². The Morgan fingerprint density at radius 3 is 2.50 bits per heavy atom. The number of ether oxygens (including phenoxy) is 1. The molecule has 1 aliphatic rings. The second kappa shape index (κ2) is 2.98. The molecule has 2 rings (SSSR count). The molecule has 0 aromatic heterocycles. The molecule has 0 aliphatic heterocycles. The van der Waals surface area contributed by atoms with Crippen molar-refractivity contribution in [2.24, 2.45) is 0 Å². The third-order valence-corrected chi connectivity index (χ3v) is 2.77. The summed E-state index contributed by atoms with van der Waals surface area (Å²) < 4.78 is 5.24. The van der Waals surface area contributed by atoms with Crippen molar-refractivity contribution in [3.8, 4) is 5.75 Å². The molecule has 0 amide bonds. The van der Waals surface area contributed by atoms with Crippen molar-refractivity contribution in [2.75, 3.05) is 7.11 Å². The minimum atomic E-state index is 0.122. The smallest absolute Gasteiger partial charge is 0.189 e. The molecule has 0 saturated heterocycles. The van der Waals surface area contributed by atoms with Gasteiger partial charge in [-0.05, 0) is 25.5 Å². The molecule has 72 valence electrons. The quantitative estimate of drug-likeness (QED) is 0.677. The molecule has 1 aromatic rings. The average Bonchev–Trinajstić information content (AvgIpc) is 2.44. The van der Waals surface area contributed by atoms with E-state index < -0.39 is 0 Å². The number of hydrogen-bond acceptors (Lipinski definition) is 2. The Bertz CT molecular complexity index is 442. The Labute approximate surface area is 83.2 Å². The largest absolute Gasteiger partial charge is 0.496 e. The third-order valence-electron chi connectivity index (χ3n) is 2.77. The van der Waals surface area contributed by atoms with E-state index in [2.05, 4.69) is 0 Å². The lowest BCUT2D eigenvalue weighted by Crippen LogP contribution is -1.96. The zero-order valence-electron chi connectivity index (χ0n) is 8.55. The summed E-state index contributed by atoms with van der Waals surface area (Å²) in [5.41, 5.74) is 3.57. The Morgan fingerprint density at radius 1 is 1.14 bits per heavy atom. The van der Waals surface area contributed by atoms with Gasteiger partial charge in [0, 0.05) is 16.7 Å². The SMILES string of the molecule is COc1cccc2c1C(C)=C(C)C2=O. The van der Waals surface area contributed by atoms with E-state index in [0.717, 1.165) is 28.0 Å². The monoisotopic (exact) mass is 188 g/mol. The second-order valence-corrected chi connectivity index (χ2v) is 3.46. The maximum Gasteiger partial charge on any atom is 0.189 e. The predicted octanol–water partition coefficient (Wildman–Crippen LogP) is 2.68. The highest BCUT2D eigenvalue weighted by Crippen LogP contribution is 2.38. The first-order valence-corrected chi connectivity index (χ1v) is 4.56. The summed E-state index contributed by atoms with van der Waals surface area (Å²) in [7, 11) is 1.63. The van der Waals surface area contributed by atoms with Crippen LogP contribution in [0, 0.1) is 0 Å². The summed E-state index contributed by atoms with van der Waals surface area (Å²) in [6.45, 7) is 3.82. The topological polar surface area (TPSA) is 26.3 Å². The average molecular weight is 188 g/mol. The first kappa shape index (κ1) is 9.00. The molecule has 1 aliphatic carbocycles. The lowest BCUT2D eigenvalue weighted by atomic mass is 10.1. The van der Waals surface area contributed by atoms with E-state index in [0.29, 0.717) is 0 Å². The van der Waals surface area contributed by atoms with Crippen molar-refractivity contribution >= 4 is 11.4 Å². The molecule has 2 heteroatoms. The normalized spacial score (nSPS) is 14.6. The number of fused-ring (bicyclic) bond motifs is 1. The first-order valence-electron chi connectivity index (χ1n) is 4.56. The van der Waals surface area contributed by atoms with Gasteiger partial charge in [0.15, 0.2) is 5.78 Å². The van der Waals surface area contributed by atoms with Gasteiger partial charge in [-0.15, -0.1) is 0 Å². The number of rotatable bonds is 1. The van der Waals surface area contributed by atoms with Crippen LogP contribution in [0.25, 0.3) is 5.57 Å². The van der Waals surface area contributed by atoms with Gasteiger partial charge in [0.25, 0.3) is 0 Å². The summed E-state index contributed by atoms with van der Waals surface area (Å²) >= 11 is 0. The molecule has 0 N–H and O–H groups in total. The van der Waals surface area contributed by atoms with Crippen LogP contribution in [0.5, 0.6) is 5.75 Å². The standard InChI is InChI=1S/C12H12O2/c1-7-8(2)12(13)9-5-4-6-10(14-3)11(7)9/h4-6H,1-3H3. The third kappa shape index (κ3) is 1.00. The number of Topliss-reactive ketones (excluding diaryl/α,β-unsaturated/α-hetero) is 1. The lowest BCUT2D eigenvalue weighted by Gasteiger charge is -2.06. The number of benzene rings is 1. The van der Waals surface area contributed by atoms with Gasteiger partial charge in [-0.3, -0.25) is 4.79 Å². The van der Waals surface area contributed by atoms with Gasteiger partial charge < -0.3 is 4.74 Å². The van der Waals surface area contributed by atoms with E-state index in [9.17, 15) is 4.79 Å². The van der Waals surface area contributed by atoms with Crippen LogP contribution in [0.1, 0.15) is 29.8 Å². The fourth-order valence-electron chi connectivity index (χ4n) is 1.84. The molecule has 14 heavy (non-hydrogen) atoms. The van der Waals surface area contributed by atoms with Crippen LogP contribution in [-0.4, -0.2) is 12.9 Å². The molecule has 0 radical (unpaired) electrons. The van der Waals surface area contributed by atoms with Crippen molar-refractivity contribution < 1.29 is 9.53 Å². The first-order chi connectivity index (χ1) is 6.66. The zero-order chi connectivity index (χ0) is 10.3. The van der Waals surface area contributed by atoms with Gasteiger partial charge in [0.1, 0.15) is 5.75 Å². The van der Waals surface area contributed by atoms with Gasteiger partial charge in [-0.2, -0.15) is 0 Å². The Balaban J connectivity index is 2.74. The molecule has 0 heterocycles. The molecule has 0 saturated carbocycles. The van der Waals surface area contributed by atoms with E-state index in [4.69, 9.17) is 4.74 Å². The molecule has 1 aromatic carbocycles. The Morgan fingerprint density at radius 2 is 1.86 bits per heavy atom. The van der Waals surface area contributed by atoms with Crippen molar-refractivity contribution in [3.05, 3.63) is 34.9 Å². The maximum absolute atomic E-state index is 11.8. The summed E-state index contributed by atoms with van der Waals surface area (Å²) in [5, 5.41) is 0. The maximum atomic E-state index is 11.8. The fourth-order valence-corrected chi connectivity index (χ4v) is 1.84. The van der Waals surface area contributed by atoms with Crippen LogP contribution in [0.3, 0.4) is 0 Å². The van der Waals surface area contributed by atoms with Gasteiger partial charge in [0.05, 0.1) is 7.11 Å². The lowest BCUT2D eigenvalue weighted by molar-refractivity contribution is 0.103. The minimum Gasteiger partial charge on any atom is -0.496 e. The van der Waals surface area contributed by atoms with E-state index in [1.165, 1.54) is 0 Å². The highest BCUT2D eigenvalue weighted by molar-refractivity contribution is 6.20. The molecule has 2 nitrogen and oxygen atoms in total. The Hall–Kier alpha value is -1.57. The van der Waals surface area contributed by atoms with Crippen molar-refractivity contribution in [3.63, 3.8) is 0 Å². The van der Waals surface area contributed by atoms with E-state index in [-0.39, 0.29) is 5.78 Å². The Kier molecular flexibility index (Phi) is 1.92. The number of ketones is 1. The second-order valence-electron chi connectivity index (χ2n) is 3.46. The van der Waals surface area contributed by atoms with Crippen LogP contribution in [0.4, 0.5) is 0 Å². The molecule has 0 unspecified atom stereocenters. The summed E-state index contributed by atoms with van der Waals surface area (Å²) in [6, 6.07) is 5.58. The number of methoxy groups -OCH3 is 1. The van der Waals surface area contributed by atoms with Crippen LogP contribution < -0.4 is 4.74 Å². The summed E-state index contributed by atoms with van der Waals surface area (Å²) in [5.74, 6) is 0.904. The summed E-state index contributed by atoms with van der Waals surface area (Å²) in [6.07, 6.45) is 0. The molecule has 0 atom stereocenters. The highest BCUT2D eigenvalue weighted by Gasteiger charge is 2.26. The van der Waals surface area contributed by atoms with Gasteiger partial charge in [-0.25, -0.2) is 0 Å². The highest BCUT2D eigenvalue weighted by atomic mass is 16.5. The van der Waals surface area contributed by atoms with Crippen LogP contribution in [0.2, 0.25) is 0 Å². The fraction of sp³-hybridized carbons (Fsp3) is 0.250. The van der Waals surface area contributed by atoms with E-state index in [1.807, 2.05) is 32.0 Å². The van der Waals surface area contributed by atoms with Crippen LogP contribution in [-0.2, 0) is 0 Å². The molecule has 0 spiro atoms. The van der Waals surface area contributed by atoms with Crippen LogP contribution >= 0.6 is 0 Å². The minimum absolute atomic E-state index is 0.122. The predicted molar refractivity (Wildman–Crippen MR) is 55.6 cm³/mol. The summed E-state index contributed by atoms with van der Waals surface area (Å²) in [4.78, 5) is 11.8. The number of allylic oxidation sites excluding steroid dienone is 2. The molecular weight excluding hydrogens is 176 g/mol. The van der Waals surface area contributed by atoms with Crippen LogP contribution in [0.15, 0.2) is 23.8 Å². The van der Waals surface area contributed by atoms with Crippen molar-refractivity contribution in [1.29, 1.82) is 0 Å². The van der Waals surface area contributed by atoms with Gasteiger partial charge in [0.2, 0.25) is 0 Å². The molecular formula is C12H12O2. The van der Waals surface area contributed by atoms with E-state index in [1.54, 1.807) is 7.11 Å². The number of carbonyl (C=O) groups is 1. The molecule has 0 fully saturated rings. The van der Waals surface area contributed by atoms with Gasteiger partial charge in [-0.1, -0.05) is 12.1 Å². The van der Waals surface area contributed by atoms with Gasteiger partial charge >= 0.3 is 0 Å². The zero-order valence-corrected chi connectivity index (χ0v) is 8.55. The van der Waals surface area contributed by atoms with Crippen molar-refractivity contribution in [2.45, 2.75) is 13.8 Å². The van der Waals surface area contributed by atoms with Crippen molar-refractivity contribution in [1.82, 2.24) is 0 Å². The molecule has 0 bridgehead atoms. The number of carbonyl (C=O) groups excluding carboxylic acids is 1. The number of hydrogen-bond donors (Lipinski definition) is 0.